The summed E-state index contributed by atoms with van der Waals surface area (Å²) in [5.41, 5.74) is 4.12. The van der Waals surface area contributed by atoms with Crippen molar-refractivity contribution in [2.45, 2.75) is 40.0 Å². The van der Waals surface area contributed by atoms with E-state index < -0.39 is 11.8 Å². The van der Waals surface area contributed by atoms with Crippen LogP contribution in [0.15, 0.2) is 94.0 Å². The van der Waals surface area contributed by atoms with Crippen molar-refractivity contribution in [3.05, 3.63) is 101 Å². The van der Waals surface area contributed by atoms with Crippen LogP contribution in [0.25, 0.3) is 22.3 Å². The van der Waals surface area contributed by atoms with Crippen LogP contribution in [0.2, 0.25) is 0 Å². The average molecular weight is 567 g/mol. The Labute approximate surface area is 244 Å². The average Bonchev–Trinajstić information content (AvgIpc) is 3.34. The van der Waals surface area contributed by atoms with Gasteiger partial charge in [-0.1, -0.05) is 29.4 Å². The molecule has 0 spiro atoms. The number of Topliss-reactive ketones (excluding diaryl/α,β-unsaturated/α-hetero) is 1. The summed E-state index contributed by atoms with van der Waals surface area (Å²) in [5, 5.41) is 53.8. The van der Waals surface area contributed by atoms with Crippen molar-refractivity contribution in [2.75, 3.05) is 0 Å². The first-order valence-electron chi connectivity index (χ1n) is 13.8. The largest absolute Gasteiger partial charge is 0.508 e. The van der Waals surface area contributed by atoms with E-state index in [-0.39, 0.29) is 51.6 Å². The van der Waals surface area contributed by atoms with Crippen molar-refractivity contribution in [1.82, 2.24) is 0 Å². The zero-order valence-corrected chi connectivity index (χ0v) is 23.9. The SMILES string of the molecule is C/C=C\C(=C(C)C)C1CC(C)=CC(c2c(O)cc(-c3cc4ccc(O)cc4o3)cc2O)C1C(=O)c1ccc(O)cc1O. The van der Waals surface area contributed by atoms with Crippen LogP contribution in [0, 0.1) is 11.8 Å². The first-order chi connectivity index (χ1) is 20.0. The van der Waals surface area contributed by atoms with E-state index in [4.69, 9.17) is 4.42 Å². The van der Waals surface area contributed by atoms with Gasteiger partial charge in [-0.05, 0) is 88.1 Å². The number of carbonyl (C=O) groups excluding carboxylic acids is 1. The third kappa shape index (κ3) is 5.26. The third-order valence-corrected chi connectivity index (χ3v) is 7.96. The van der Waals surface area contributed by atoms with Gasteiger partial charge in [0, 0.05) is 40.5 Å². The molecule has 3 aromatic carbocycles. The zero-order valence-electron chi connectivity index (χ0n) is 23.9. The minimum absolute atomic E-state index is 0.0514. The maximum atomic E-state index is 14.3. The standard InChI is InChI=1S/C35H34O7/c1-5-6-24(18(2)3)26-11-19(4)12-27(33(26)35(41)25-10-9-22(36)16-28(25)38)34-29(39)13-21(14-30(34)40)31-15-20-7-8-23(37)17-32(20)42-31/h5-10,12-17,26-27,33,36-40H,11H2,1-4H3/b6-5-. The molecule has 3 atom stereocenters. The number of phenolic OH excluding ortho intramolecular Hbond substituents is 5. The lowest BCUT2D eigenvalue weighted by Crippen LogP contribution is -2.34. The van der Waals surface area contributed by atoms with Crippen LogP contribution >= 0.6 is 0 Å². The fourth-order valence-corrected chi connectivity index (χ4v) is 6.13. The number of allylic oxidation sites excluding steroid dienone is 6. The molecule has 1 aliphatic rings. The lowest BCUT2D eigenvalue weighted by atomic mass is 9.64. The summed E-state index contributed by atoms with van der Waals surface area (Å²) >= 11 is 0. The second-order valence-corrected chi connectivity index (χ2v) is 11.2. The molecule has 1 aromatic heterocycles. The minimum atomic E-state index is -0.790. The normalized spacial score (nSPS) is 18.8. The molecule has 5 N–H and O–H groups in total. The summed E-state index contributed by atoms with van der Waals surface area (Å²) < 4.78 is 5.88. The predicted octanol–water partition coefficient (Wildman–Crippen LogP) is 8.09. The van der Waals surface area contributed by atoms with Crippen molar-refractivity contribution >= 4 is 16.8 Å². The van der Waals surface area contributed by atoms with Crippen LogP contribution in [0.4, 0.5) is 0 Å². The molecule has 4 aromatic rings. The van der Waals surface area contributed by atoms with E-state index in [2.05, 4.69) is 0 Å². The highest BCUT2D eigenvalue weighted by Crippen LogP contribution is 2.51. The smallest absolute Gasteiger partial charge is 0.171 e. The molecule has 5 rings (SSSR count). The molecule has 42 heavy (non-hydrogen) atoms. The number of fused-ring (bicyclic) bond motifs is 1. The van der Waals surface area contributed by atoms with Crippen molar-refractivity contribution in [3.63, 3.8) is 0 Å². The first kappa shape index (κ1) is 28.6. The van der Waals surface area contributed by atoms with Crippen LogP contribution in [0.1, 0.15) is 56.0 Å². The first-order valence-corrected chi connectivity index (χ1v) is 13.8. The van der Waals surface area contributed by atoms with Gasteiger partial charge in [0.05, 0.1) is 5.56 Å². The maximum absolute atomic E-state index is 14.3. The molecule has 1 heterocycles. The van der Waals surface area contributed by atoms with Gasteiger partial charge in [0.2, 0.25) is 0 Å². The third-order valence-electron chi connectivity index (χ3n) is 7.96. The Kier molecular flexibility index (Phi) is 7.61. The molecule has 0 amide bonds. The molecule has 3 unspecified atom stereocenters. The molecular weight excluding hydrogens is 532 g/mol. The van der Waals surface area contributed by atoms with E-state index in [1.807, 2.05) is 45.9 Å². The zero-order chi connectivity index (χ0) is 30.3. The van der Waals surface area contributed by atoms with Crippen LogP contribution in [0.5, 0.6) is 28.7 Å². The van der Waals surface area contributed by atoms with Crippen molar-refractivity contribution < 1.29 is 34.7 Å². The summed E-state index contributed by atoms with van der Waals surface area (Å²) in [6, 6.07) is 13.4. The number of hydrogen-bond acceptors (Lipinski definition) is 7. The van der Waals surface area contributed by atoms with Gasteiger partial charge >= 0.3 is 0 Å². The molecule has 0 radical (unpaired) electrons. The van der Waals surface area contributed by atoms with Gasteiger partial charge in [0.25, 0.3) is 0 Å². The number of rotatable bonds is 6. The van der Waals surface area contributed by atoms with E-state index in [1.54, 1.807) is 18.2 Å². The van der Waals surface area contributed by atoms with Gasteiger partial charge in [0.15, 0.2) is 5.78 Å². The van der Waals surface area contributed by atoms with Crippen LogP contribution in [-0.2, 0) is 0 Å². The molecule has 0 aliphatic heterocycles. The van der Waals surface area contributed by atoms with Gasteiger partial charge in [-0.2, -0.15) is 0 Å². The van der Waals surface area contributed by atoms with E-state index >= 15 is 0 Å². The topological polar surface area (TPSA) is 131 Å². The number of furan rings is 1. The Bertz CT molecular complexity index is 1760. The van der Waals surface area contributed by atoms with Crippen LogP contribution in [-0.4, -0.2) is 31.3 Å². The number of benzene rings is 3. The van der Waals surface area contributed by atoms with Gasteiger partial charge in [-0.3, -0.25) is 4.79 Å². The highest BCUT2D eigenvalue weighted by atomic mass is 16.3. The molecule has 7 heteroatoms. The van der Waals surface area contributed by atoms with Crippen LogP contribution in [0.3, 0.4) is 0 Å². The van der Waals surface area contributed by atoms with Crippen molar-refractivity contribution in [2.24, 2.45) is 11.8 Å². The Morgan fingerprint density at radius 3 is 2.19 bits per heavy atom. The number of hydrogen-bond donors (Lipinski definition) is 5. The van der Waals surface area contributed by atoms with E-state index in [9.17, 15) is 30.3 Å². The minimum Gasteiger partial charge on any atom is -0.508 e. The van der Waals surface area contributed by atoms with Crippen molar-refractivity contribution in [1.29, 1.82) is 0 Å². The number of phenols is 5. The van der Waals surface area contributed by atoms with E-state index in [0.717, 1.165) is 28.2 Å². The van der Waals surface area contributed by atoms with E-state index in [0.29, 0.717) is 23.3 Å². The molecule has 0 fully saturated rings. The number of ketones is 1. The molecular formula is C35H34O7. The summed E-state index contributed by atoms with van der Waals surface area (Å²) in [6.07, 6.45) is 6.37. The Morgan fingerprint density at radius 2 is 1.55 bits per heavy atom. The van der Waals surface area contributed by atoms with Gasteiger partial charge < -0.3 is 29.9 Å². The summed E-state index contributed by atoms with van der Waals surface area (Å²) in [5.74, 6) is -2.67. The Morgan fingerprint density at radius 1 is 0.881 bits per heavy atom. The highest BCUT2D eigenvalue weighted by molar-refractivity contribution is 6.02. The molecule has 0 saturated carbocycles. The van der Waals surface area contributed by atoms with Crippen LogP contribution < -0.4 is 0 Å². The van der Waals surface area contributed by atoms with Gasteiger partial charge in [-0.15, -0.1) is 0 Å². The quantitative estimate of drug-likeness (QED) is 0.0905. The molecule has 0 saturated heterocycles. The van der Waals surface area contributed by atoms with Gasteiger partial charge in [0.1, 0.15) is 40.1 Å². The molecule has 0 bridgehead atoms. The lowest BCUT2D eigenvalue weighted by Gasteiger charge is -2.38. The predicted molar refractivity (Wildman–Crippen MR) is 162 cm³/mol. The Balaban J connectivity index is 1.67. The molecule has 216 valence electrons. The molecule has 7 nitrogen and oxygen atoms in total. The second kappa shape index (κ2) is 11.2. The second-order valence-electron chi connectivity index (χ2n) is 11.2. The van der Waals surface area contributed by atoms with E-state index in [1.165, 1.54) is 30.3 Å². The number of carbonyl (C=O) groups is 1. The summed E-state index contributed by atoms with van der Waals surface area (Å²) in [7, 11) is 0. The van der Waals surface area contributed by atoms with Gasteiger partial charge in [-0.25, -0.2) is 0 Å². The fraction of sp³-hybridized carbons (Fsp3) is 0.229. The summed E-state index contributed by atoms with van der Waals surface area (Å²) in [6.45, 7) is 7.83. The fourth-order valence-electron chi connectivity index (χ4n) is 6.13. The maximum Gasteiger partial charge on any atom is 0.171 e. The Hall–Kier alpha value is -4.91. The summed E-state index contributed by atoms with van der Waals surface area (Å²) in [4.78, 5) is 14.3. The van der Waals surface area contributed by atoms with Crippen molar-refractivity contribution in [3.8, 4) is 40.1 Å². The highest BCUT2D eigenvalue weighted by Gasteiger charge is 2.42. The lowest BCUT2D eigenvalue weighted by molar-refractivity contribution is 0.0861. The number of aromatic hydroxyl groups is 5. The monoisotopic (exact) mass is 566 g/mol. The molecule has 1 aliphatic carbocycles.